The van der Waals surface area contributed by atoms with E-state index in [9.17, 15) is 0 Å². The molecule has 1 aliphatic heterocycles. The summed E-state index contributed by atoms with van der Waals surface area (Å²) in [6.45, 7) is 8.17. The smallest absolute Gasteiger partial charge is 0.225 e. The zero-order valence-corrected chi connectivity index (χ0v) is 15.2. The number of hydrogen-bond donors (Lipinski definition) is 1. The van der Waals surface area contributed by atoms with Crippen LogP contribution in [-0.4, -0.2) is 63.3 Å². The zero-order valence-electron chi connectivity index (χ0n) is 15.2. The summed E-state index contributed by atoms with van der Waals surface area (Å²) in [5.74, 6) is 1.40. The molecule has 0 aliphatic carbocycles. The molecule has 2 aromatic rings. The zero-order chi connectivity index (χ0) is 17.8. The molecule has 2 aromatic heterocycles. The highest BCUT2D eigenvalue weighted by Gasteiger charge is 2.19. The number of anilines is 1. The molecule has 0 saturated carbocycles. The third kappa shape index (κ3) is 3.89. The molecular formula is C17H26N8. The molecule has 0 amide bonds. The van der Waals surface area contributed by atoms with E-state index in [-0.39, 0.29) is 0 Å². The van der Waals surface area contributed by atoms with E-state index in [0.717, 1.165) is 44.2 Å². The van der Waals surface area contributed by atoms with Crippen LogP contribution in [0.3, 0.4) is 0 Å². The molecule has 0 atom stereocenters. The third-order valence-corrected chi connectivity index (χ3v) is 4.73. The van der Waals surface area contributed by atoms with Gasteiger partial charge in [0.2, 0.25) is 5.95 Å². The van der Waals surface area contributed by atoms with E-state index in [1.165, 1.54) is 11.3 Å². The molecule has 134 valence electrons. The topological polar surface area (TPSA) is 88.5 Å². The van der Waals surface area contributed by atoms with E-state index in [2.05, 4.69) is 36.8 Å². The number of piperazine rings is 1. The largest absolute Gasteiger partial charge is 0.370 e. The molecule has 0 bridgehead atoms. The van der Waals surface area contributed by atoms with E-state index in [4.69, 9.17) is 5.73 Å². The average Bonchev–Trinajstić information content (AvgIpc) is 2.88. The van der Waals surface area contributed by atoms with Crippen LogP contribution in [0, 0.1) is 13.8 Å². The molecule has 8 nitrogen and oxygen atoms in total. The summed E-state index contributed by atoms with van der Waals surface area (Å²) in [7, 11) is 1.97. The molecule has 1 saturated heterocycles. The van der Waals surface area contributed by atoms with Gasteiger partial charge >= 0.3 is 0 Å². The maximum atomic E-state index is 6.18. The maximum absolute atomic E-state index is 6.18. The van der Waals surface area contributed by atoms with Crippen LogP contribution in [0.15, 0.2) is 23.5 Å². The average molecular weight is 342 g/mol. The standard InChI is InChI=1S/C17H26N8/c1-13-15(14(2)23(3)22-13)5-8-19-16(18)24-9-11-25(12-10-24)17-20-6-4-7-21-17/h4,6-7H,5,8-12H2,1-3H3,(H2,18,19). The lowest BCUT2D eigenvalue weighted by molar-refractivity contribution is 0.378. The van der Waals surface area contributed by atoms with Gasteiger partial charge in [-0.2, -0.15) is 5.10 Å². The van der Waals surface area contributed by atoms with Gasteiger partial charge < -0.3 is 15.5 Å². The maximum Gasteiger partial charge on any atom is 0.225 e. The quantitative estimate of drug-likeness (QED) is 0.643. The number of guanidine groups is 1. The van der Waals surface area contributed by atoms with Crippen molar-refractivity contribution < 1.29 is 0 Å². The lowest BCUT2D eigenvalue weighted by atomic mass is 10.1. The summed E-state index contributed by atoms with van der Waals surface area (Å²) < 4.78 is 1.92. The van der Waals surface area contributed by atoms with Crippen molar-refractivity contribution in [3.8, 4) is 0 Å². The first-order chi connectivity index (χ1) is 12.1. The van der Waals surface area contributed by atoms with Crippen molar-refractivity contribution >= 4 is 11.9 Å². The molecule has 0 aromatic carbocycles. The Bertz CT molecular complexity index is 729. The van der Waals surface area contributed by atoms with Gasteiger partial charge in [-0.05, 0) is 31.9 Å². The monoisotopic (exact) mass is 342 g/mol. The first kappa shape index (κ1) is 17.2. The van der Waals surface area contributed by atoms with Crippen LogP contribution in [0.4, 0.5) is 5.95 Å². The molecule has 0 radical (unpaired) electrons. The molecule has 3 rings (SSSR count). The van der Waals surface area contributed by atoms with Gasteiger partial charge in [-0.3, -0.25) is 9.67 Å². The second-order valence-electron chi connectivity index (χ2n) is 6.29. The summed E-state index contributed by atoms with van der Waals surface area (Å²) in [4.78, 5) is 17.5. The molecule has 0 unspecified atom stereocenters. The van der Waals surface area contributed by atoms with Crippen molar-refractivity contribution in [2.45, 2.75) is 20.3 Å². The van der Waals surface area contributed by atoms with E-state index < -0.39 is 0 Å². The highest BCUT2D eigenvalue weighted by atomic mass is 15.4. The summed E-state index contributed by atoms with van der Waals surface area (Å²) >= 11 is 0. The number of aromatic nitrogens is 4. The van der Waals surface area contributed by atoms with Crippen molar-refractivity contribution in [1.29, 1.82) is 0 Å². The van der Waals surface area contributed by atoms with Crippen LogP contribution in [0.25, 0.3) is 0 Å². The fourth-order valence-electron chi connectivity index (χ4n) is 3.15. The third-order valence-electron chi connectivity index (χ3n) is 4.73. The fraction of sp³-hybridized carbons (Fsp3) is 0.529. The van der Waals surface area contributed by atoms with Crippen LogP contribution >= 0.6 is 0 Å². The van der Waals surface area contributed by atoms with E-state index in [1.807, 2.05) is 24.7 Å². The molecule has 0 spiro atoms. The summed E-state index contributed by atoms with van der Waals surface area (Å²) in [5, 5.41) is 4.44. The van der Waals surface area contributed by atoms with Crippen LogP contribution < -0.4 is 10.6 Å². The van der Waals surface area contributed by atoms with Gasteiger partial charge in [0.1, 0.15) is 0 Å². The molecule has 8 heteroatoms. The highest BCUT2D eigenvalue weighted by molar-refractivity contribution is 5.78. The Morgan fingerprint density at radius 1 is 1.16 bits per heavy atom. The molecular weight excluding hydrogens is 316 g/mol. The Hall–Kier alpha value is -2.64. The van der Waals surface area contributed by atoms with Crippen molar-refractivity contribution in [2.75, 3.05) is 37.6 Å². The number of rotatable bonds is 4. The Labute approximate surface area is 148 Å². The van der Waals surface area contributed by atoms with Gasteiger partial charge in [0.15, 0.2) is 5.96 Å². The predicted octanol–water partition coefficient (Wildman–Crippen LogP) is 0.506. The number of nitrogens with zero attached hydrogens (tertiary/aromatic N) is 7. The van der Waals surface area contributed by atoms with Gasteiger partial charge in [-0.15, -0.1) is 0 Å². The Balaban J connectivity index is 1.52. The fourth-order valence-corrected chi connectivity index (χ4v) is 3.15. The molecule has 1 fully saturated rings. The second kappa shape index (κ2) is 7.50. The van der Waals surface area contributed by atoms with E-state index in [1.54, 1.807) is 12.4 Å². The minimum absolute atomic E-state index is 0.618. The van der Waals surface area contributed by atoms with Crippen LogP contribution in [0.5, 0.6) is 0 Å². The minimum atomic E-state index is 0.618. The van der Waals surface area contributed by atoms with Crippen molar-refractivity contribution in [1.82, 2.24) is 24.6 Å². The van der Waals surface area contributed by atoms with Crippen molar-refractivity contribution in [3.63, 3.8) is 0 Å². The van der Waals surface area contributed by atoms with Gasteiger partial charge in [0.25, 0.3) is 0 Å². The van der Waals surface area contributed by atoms with E-state index in [0.29, 0.717) is 12.5 Å². The van der Waals surface area contributed by atoms with Crippen molar-refractivity contribution in [3.05, 3.63) is 35.4 Å². The van der Waals surface area contributed by atoms with Gasteiger partial charge in [-0.25, -0.2) is 9.97 Å². The first-order valence-electron chi connectivity index (χ1n) is 8.62. The molecule has 1 aliphatic rings. The van der Waals surface area contributed by atoms with Gasteiger partial charge in [0.05, 0.1) is 5.69 Å². The molecule has 25 heavy (non-hydrogen) atoms. The highest BCUT2D eigenvalue weighted by Crippen LogP contribution is 2.13. The number of aliphatic imine (C=N–C) groups is 1. The predicted molar refractivity (Wildman–Crippen MR) is 98.7 cm³/mol. The molecule has 3 heterocycles. The van der Waals surface area contributed by atoms with Gasteiger partial charge in [-0.1, -0.05) is 0 Å². The van der Waals surface area contributed by atoms with Gasteiger partial charge in [0, 0.05) is 57.9 Å². The van der Waals surface area contributed by atoms with Crippen LogP contribution in [0.1, 0.15) is 17.0 Å². The SMILES string of the molecule is Cc1nn(C)c(C)c1CCN=C(N)N1CCN(c2ncccn2)CC1. The van der Waals surface area contributed by atoms with E-state index >= 15 is 0 Å². The lowest BCUT2D eigenvalue weighted by Crippen LogP contribution is -2.51. The normalized spacial score (nSPS) is 15.7. The second-order valence-corrected chi connectivity index (χ2v) is 6.29. The van der Waals surface area contributed by atoms with Crippen LogP contribution in [0.2, 0.25) is 0 Å². The Kier molecular flexibility index (Phi) is 5.16. The molecule has 2 N–H and O–H groups in total. The Morgan fingerprint density at radius 3 is 2.44 bits per heavy atom. The number of hydrogen-bond acceptors (Lipinski definition) is 5. The summed E-state index contributed by atoms with van der Waals surface area (Å²) in [6, 6.07) is 1.83. The number of aryl methyl sites for hydroxylation is 2. The minimum Gasteiger partial charge on any atom is -0.370 e. The summed E-state index contributed by atoms with van der Waals surface area (Å²) in [5.41, 5.74) is 9.72. The Morgan fingerprint density at radius 2 is 1.84 bits per heavy atom. The number of nitrogens with two attached hydrogens (primary N) is 1. The summed E-state index contributed by atoms with van der Waals surface area (Å²) in [6.07, 6.45) is 4.41. The van der Waals surface area contributed by atoms with Crippen LogP contribution in [-0.2, 0) is 13.5 Å². The van der Waals surface area contributed by atoms with Crippen molar-refractivity contribution in [2.24, 2.45) is 17.8 Å². The lowest BCUT2D eigenvalue weighted by Gasteiger charge is -2.35. The first-order valence-corrected chi connectivity index (χ1v) is 8.62.